The fourth-order valence-corrected chi connectivity index (χ4v) is 3.33. The summed E-state index contributed by atoms with van der Waals surface area (Å²) < 4.78 is 5.42. The van der Waals surface area contributed by atoms with Gasteiger partial charge in [-0.3, -0.25) is 0 Å². The van der Waals surface area contributed by atoms with Gasteiger partial charge in [-0.05, 0) is 32.6 Å². The predicted molar refractivity (Wildman–Crippen MR) is 80.5 cm³/mol. The Labute approximate surface area is 121 Å². The van der Waals surface area contributed by atoms with Crippen molar-refractivity contribution in [3.05, 3.63) is 12.2 Å². The average molecular weight is 281 g/mol. The summed E-state index contributed by atoms with van der Waals surface area (Å²) in [5.74, 6) is 0.694. The lowest BCUT2D eigenvalue weighted by atomic mass is 9.76. The molecule has 4 N–H and O–H groups in total. The van der Waals surface area contributed by atoms with E-state index >= 15 is 0 Å². The van der Waals surface area contributed by atoms with Gasteiger partial charge >= 0.3 is 0 Å². The molecule has 5 heteroatoms. The SMILES string of the molecule is C=C(C)CN=C(N)NCC1CCC2(CCOCC2)C1O. The van der Waals surface area contributed by atoms with Crippen LogP contribution in [0.2, 0.25) is 0 Å². The Morgan fingerprint density at radius 2 is 2.15 bits per heavy atom. The van der Waals surface area contributed by atoms with E-state index in [9.17, 15) is 5.11 Å². The second-order valence-electron chi connectivity index (χ2n) is 6.26. The molecule has 1 saturated heterocycles. The van der Waals surface area contributed by atoms with Crippen molar-refractivity contribution in [1.82, 2.24) is 5.32 Å². The molecule has 1 heterocycles. The molecule has 0 aromatic heterocycles. The number of nitrogens with zero attached hydrogens (tertiary/aromatic N) is 1. The van der Waals surface area contributed by atoms with Crippen LogP contribution in [0.5, 0.6) is 0 Å². The summed E-state index contributed by atoms with van der Waals surface area (Å²) in [6.07, 6.45) is 3.83. The summed E-state index contributed by atoms with van der Waals surface area (Å²) >= 11 is 0. The van der Waals surface area contributed by atoms with Gasteiger partial charge in [0.2, 0.25) is 0 Å². The molecular weight excluding hydrogens is 254 g/mol. The molecule has 0 aromatic carbocycles. The van der Waals surface area contributed by atoms with Gasteiger partial charge in [-0.25, -0.2) is 4.99 Å². The molecule has 1 saturated carbocycles. The van der Waals surface area contributed by atoms with Gasteiger partial charge in [0.1, 0.15) is 0 Å². The first-order chi connectivity index (χ1) is 9.53. The number of aliphatic hydroxyl groups excluding tert-OH is 1. The van der Waals surface area contributed by atoms with E-state index in [1.54, 1.807) is 0 Å². The third-order valence-electron chi connectivity index (χ3n) is 4.64. The maximum Gasteiger partial charge on any atom is 0.188 e. The lowest BCUT2D eigenvalue weighted by molar-refractivity contribution is -0.0553. The molecule has 2 rings (SSSR count). The number of hydrogen-bond acceptors (Lipinski definition) is 3. The van der Waals surface area contributed by atoms with E-state index in [2.05, 4.69) is 16.9 Å². The van der Waals surface area contributed by atoms with E-state index in [0.29, 0.717) is 19.0 Å². The molecule has 2 aliphatic rings. The van der Waals surface area contributed by atoms with Crippen LogP contribution in [-0.2, 0) is 4.74 Å². The van der Waals surface area contributed by atoms with Crippen LogP contribution in [0, 0.1) is 11.3 Å². The summed E-state index contributed by atoms with van der Waals surface area (Å²) in [6.45, 7) is 8.51. The smallest absolute Gasteiger partial charge is 0.188 e. The number of nitrogens with one attached hydrogen (secondary N) is 1. The summed E-state index contributed by atoms with van der Waals surface area (Å²) in [5.41, 5.74) is 6.87. The molecule has 0 radical (unpaired) electrons. The van der Waals surface area contributed by atoms with Crippen LogP contribution >= 0.6 is 0 Å². The highest BCUT2D eigenvalue weighted by molar-refractivity contribution is 5.77. The van der Waals surface area contributed by atoms with Crippen molar-refractivity contribution in [2.45, 2.75) is 38.7 Å². The van der Waals surface area contributed by atoms with Gasteiger partial charge < -0.3 is 20.9 Å². The number of aliphatic imine (C=N–C) groups is 1. The average Bonchev–Trinajstić information content (AvgIpc) is 2.72. The zero-order valence-electron chi connectivity index (χ0n) is 12.4. The maximum absolute atomic E-state index is 10.6. The topological polar surface area (TPSA) is 79.9 Å². The quantitative estimate of drug-likeness (QED) is 0.408. The third kappa shape index (κ3) is 3.52. The van der Waals surface area contributed by atoms with Gasteiger partial charge in [0.15, 0.2) is 5.96 Å². The predicted octanol–water partition coefficient (Wildman–Crippen LogP) is 1.03. The largest absolute Gasteiger partial charge is 0.392 e. The number of ether oxygens (including phenoxy) is 1. The van der Waals surface area contributed by atoms with Crippen molar-refractivity contribution in [2.24, 2.45) is 22.1 Å². The van der Waals surface area contributed by atoms with Crippen molar-refractivity contribution < 1.29 is 9.84 Å². The van der Waals surface area contributed by atoms with Gasteiger partial charge in [0, 0.05) is 31.1 Å². The van der Waals surface area contributed by atoms with E-state index < -0.39 is 0 Å². The second kappa shape index (κ2) is 6.59. The fraction of sp³-hybridized carbons (Fsp3) is 0.800. The summed E-state index contributed by atoms with van der Waals surface area (Å²) in [5, 5.41) is 13.7. The van der Waals surface area contributed by atoms with Gasteiger partial charge in [-0.15, -0.1) is 0 Å². The summed E-state index contributed by atoms with van der Waals surface area (Å²) in [7, 11) is 0. The molecule has 5 nitrogen and oxygen atoms in total. The lowest BCUT2D eigenvalue weighted by Crippen LogP contribution is -2.43. The molecule has 2 atom stereocenters. The minimum atomic E-state index is -0.257. The Morgan fingerprint density at radius 3 is 2.80 bits per heavy atom. The first-order valence-corrected chi connectivity index (χ1v) is 7.47. The van der Waals surface area contributed by atoms with Crippen molar-refractivity contribution >= 4 is 5.96 Å². The monoisotopic (exact) mass is 281 g/mol. The van der Waals surface area contributed by atoms with E-state index in [4.69, 9.17) is 10.5 Å². The molecule has 1 aliphatic heterocycles. The van der Waals surface area contributed by atoms with Gasteiger partial charge in [-0.1, -0.05) is 12.2 Å². The second-order valence-corrected chi connectivity index (χ2v) is 6.26. The zero-order valence-corrected chi connectivity index (χ0v) is 12.4. The van der Waals surface area contributed by atoms with E-state index in [0.717, 1.165) is 44.5 Å². The Hall–Kier alpha value is -1.07. The molecular formula is C15H27N3O2. The molecule has 0 aromatic rings. The minimum absolute atomic E-state index is 0.0776. The Bertz CT molecular complexity index is 375. The zero-order chi connectivity index (χ0) is 14.6. The first kappa shape index (κ1) is 15.3. The fourth-order valence-electron chi connectivity index (χ4n) is 3.33. The summed E-state index contributed by atoms with van der Waals surface area (Å²) in [6, 6.07) is 0. The summed E-state index contributed by atoms with van der Waals surface area (Å²) in [4.78, 5) is 4.20. The molecule has 20 heavy (non-hydrogen) atoms. The highest BCUT2D eigenvalue weighted by Gasteiger charge is 2.47. The van der Waals surface area contributed by atoms with Crippen LogP contribution in [0.1, 0.15) is 32.6 Å². The number of aliphatic hydroxyl groups is 1. The molecule has 0 bridgehead atoms. The third-order valence-corrected chi connectivity index (χ3v) is 4.64. The number of rotatable bonds is 4. The molecule has 0 amide bonds. The number of nitrogens with two attached hydrogens (primary N) is 1. The van der Waals surface area contributed by atoms with Gasteiger partial charge in [0.05, 0.1) is 12.6 Å². The highest BCUT2D eigenvalue weighted by Crippen LogP contribution is 2.48. The van der Waals surface area contributed by atoms with Crippen LogP contribution in [0.4, 0.5) is 0 Å². The Balaban J connectivity index is 1.82. The van der Waals surface area contributed by atoms with Crippen LogP contribution in [0.15, 0.2) is 17.1 Å². The van der Waals surface area contributed by atoms with Crippen molar-refractivity contribution in [2.75, 3.05) is 26.3 Å². The minimum Gasteiger partial charge on any atom is -0.392 e. The standard InChI is InChI=1S/C15H27N3O2/c1-11(2)9-17-14(16)18-10-12-3-4-15(13(12)19)5-7-20-8-6-15/h12-13,19H,1,3-10H2,2H3,(H3,16,17,18). The van der Waals surface area contributed by atoms with E-state index in [1.807, 2.05) is 6.92 Å². The number of guanidine groups is 1. The maximum atomic E-state index is 10.6. The van der Waals surface area contributed by atoms with Gasteiger partial charge in [-0.2, -0.15) is 0 Å². The van der Waals surface area contributed by atoms with E-state index in [1.165, 1.54) is 0 Å². The van der Waals surface area contributed by atoms with Crippen LogP contribution in [0.3, 0.4) is 0 Å². The van der Waals surface area contributed by atoms with Crippen molar-refractivity contribution in [3.63, 3.8) is 0 Å². The van der Waals surface area contributed by atoms with Crippen LogP contribution in [0.25, 0.3) is 0 Å². The number of hydrogen-bond donors (Lipinski definition) is 3. The Morgan fingerprint density at radius 1 is 1.45 bits per heavy atom. The van der Waals surface area contributed by atoms with Crippen LogP contribution < -0.4 is 11.1 Å². The van der Waals surface area contributed by atoms with Gasteiger partial charge in [0.25, 0.3) is 0 Å². The normalized spacial score (nSPS) is 29.6. The van der Waals surface area contributed by atoms with E-state index in [-0.39, 0.29) is 17.4 Å². The first-order valence-electron chi connectivity index (χ1n) is 7.47. The molecule has 114 valence electrons. The molecule has 1 aliphatic carbocycles. The Kier molecular flexibility index (Phi) is 5.05. The van der Waals surface area contributed by atoms with Crippen LogP contribution in [-0.4, -0.2) is 43.5 Å². The molecule has 2 unspecified atom stereocenters. The molecule has 2 fully saturated rings. The highest BCUT2D eigenvalue weighted by atomic mass is 16.5. The van der Waals surface area contributed by atoms with Crippen molar-refractivity contribution in [3.8, 4) is 0 Å². The molecule has 1 spiro atoms. The lowest BCUT2D eigenvalue weighted by Gasteiger charge is -2.37. The van der Waals surface area contributed by atoms with Crippen molar-refractivity contribution in [1.29, 1.82) is 0 Å².